The molecule has 3 aromatic rings. The topological polar surface area (TPSA) is 38.0 Å². The van der Waals surface area contributed by atoms with Gasteiger partial charge in [0.05, 0.1) is 0 Å². The van der Waals surface area contributed by atoms with Gasteiger partial charge in [0.1, 0.15) is 11.9 Å². The molecule has 0 radical (unpaired) electrons. The summed E-state index contributed by atoms with van der Waals surface area (Å²) < 4.78 is 1.85. The molecule has 0 amide bonds. The van der Waals surface area contributed by atoms with Crippen molar-refractivity contribution in [3.05, 3.63) is 66.2 Å². The van der Waals surface area contributed by atoms with E-state index >= 15 is 0 Å². The molecule has 0 saturated heterocycles. The van der Waals surface area contributed by atoms with Crippen LogP contribution < -0.4 is 0 Å². The second-order valence-electron chi connectivity index (χ2n) is 4.80. The molecule has 2 aromatic carbocycles. The first-order chi connectivity index (χ1) is 9.24. The molecule has 3 nitrogen and oxygen atoms in total. The SMILES string of the molecule is Cn1ccnc1C(O)Cc1ccc2ccccc2c1. The molecule has 0 aliphatic rings. The molecule has 1 N–H and O–H groups in total. The Balaban J connectivity index is 1.87. The van der Waals surface area contributed by atoms with E-state index in [9.17, 15) is 5.11 Å². The number of rotatable bonds is 3. The molecule has 1 heterocycles. The van der Waals surface area contributed by atoms with E-state index in [1.165, 1.54) is 10.8 Å². The number of benzene rings is 2. The predicted octanol–water partition coefficient (Wildman–Crippen LogP) is 2.85. The summed E-state index contributed by atoms with van der Waals surface area (Å²) in [5, 5.41) is 12.7. The van der Waals surface area contributed by atoms with Crippen molar-refractivity contribution in [3.63, 3.8) is 0 Å². The van der Waals surface area contributed by atoms with Crippen LogP contribution in [0, 0.1) is 0 Å². The molecule has 0 saturated carbocycles. The fourth-order valence-corrected chi connectivity index (χ4v) is 2.38. The summed E-state index contributed by atoms with van der Waals surface area (Å²) in [6, 6.07) is 14.5. The quantitative estimate of drug-likeness (QED) is 0.778. The molecule has 1 aromatic heterocycles. The van der Waals surface area contributed by atoms with Crippen molar-refractivity contribution in [2.75, 3.05) is 0 Å². The first-order valence-electron chi connectivity index (χ1n) is 6.37. The highest BCUT2D eigenvalue weighted by Crippen LogP contribution is 2.20. The molecule has 96 valence electrons. The lowest BCUT2D eigenvalue weighted by Gasteiger charge is -2.11. The highest BCUT2D eigenvalue weighted by Gasteiger charge is 2.13. The van der Waals surface area contributed by atoms with Crippen molar-refractivity contribution in [1.82, 2.24) is 9.55 Å². The normalized spacial score (nSPS) is 12.7. The van der Waals surface area contributed by atoms with Crippen LogP contribution in [-0.2, 0) is 13.5 Å². The van der Waals surface area contributed by atoms with E-state index in [4.69, 9.17) is 0 Å². The molecule has 19 heavy (non-hydrogen) atoms. The van der Waals surface area contributed by atoms with E-state index < -0.39 is 6.10 Å². The maximum atomic E-state index is 10.2. The minimum Gasteiger partial charge on any atom is -0.385 e. The van der Waals surface area contributed by atoms with E-state index in [-0.39, 0.29) is 0 Å². The molecule has 1 atom stereocenters. The highest BCUT2D eigenvalue weighted by molar-refractivity contribution is 5.82. The number of aliphatic hydroxyl groups is 1. The predicted molar refractivity (Wildman–Crippen MR) is 75.8 cm³/mol. The average Bonchev–Trinajstić information content (AvgIpc) is 2.85. The molecular weight excluding hydrogens is 236 g/mol. The van der Waals surface area contributed by atoms with Crippen LogP contribution in [0.5, 0.6) is 0 Å². The molecule has 0 bridgehead atoms. The van der Waals surface area contributed by atoms with Crippen molar-refractivity contribution >= 4 is 10.8 Å². The van der Waals surface area contributed by atoms with Crippen LogP contribution in [-0.4, -0.2) is 14.7 Å². The monoisotopic (exact) mass is 252 g/mol. The third kappa shape index (κ3) is 2.37. The second-order valence-corrected chi connectivity index (χ2v) is 4.80. The molecule has 0 aliphatic heterocycles. The van der Waals surface area contributed by atoms with Crippen LogP contribution in [0.3, 0.4) is 0 Å². The van der Waals surface area contributed by atoms with Gasteiger partial charge in [-0.15, -0.1) is 0 Å². The van der Waals surface area contributed by atoms with Gasteiger partial charge >= 0.3 is 0 Å². The van der Waals surface area contributed by atoms with Crippen molar-refractivity contribution in [3.8, 4) is 0 Å². The summed E-state index contributed by atoms with van der Waals surface area (Å²) >= 11 is 0. The zero-order chi connectivity index (χ0) is 13.2. The molecule has 1 unspecified atom stereocenters. The average molecular weight is 252 g/mol. The summed E-state index contributed by atoms with van der Waals surface area (Å²) in [7, 11) is 1.89. The standard InChI is InChI=1S/C16H16N2O/c1-18-9-8-17-16(18)15(19)11-12-6-7-13-4-2-3-5-14(13)10-12/h2-10,15,19H,11H2,1H3. The summed E-state index contributed by atoms with van der Waals surface area (Å²) in [6.45, 7) is 0. The highest BCUT2D eigenvalue weighted by atomic mass is 16.3. The van der Waals surface area contributed by atoms with Gasteiger partial charge in [0.2, 0.25) is 0 Å². The lowest BCUT2D eigenvalue weighted by atomic mass is 10.0. The minimum absolute atomic E-state index is 0.568. The number of aryl methyl sites for hydroxylation is 1. The number of aromatic nitrogens is 2. The summed E-state index contributed by atoms with van der Waals surface area (Å²) in [5.74, 6) is 0.702. The van der Waals surface area contributed by atoms with Gasteiger partial charge in [-0.25, -0.2) is 4.98 Å². The minimum atomic E-state index is -0.568. The van der Waals surface area contributed by atoms with Gasteiger partial charge in [-0.2, -0.15) is 0 Å². The van der Waals surface area contributed by atoms with E-state index in [0.717, 1.165) is 5.56 Å². The lowest BCUT2D eigenvalue weighted by Crippen LogP contribution is -2.08. The van der Waals surface area contributed by atoms with Crippen molar-refractivity contribution < 1.29 is 5.11 Å². The van der Waals surface area contributed by atoms with Gasteiger partial charge in [0.15, 0.2) is 0 Å². The lowest BCUT2D eigenvalue weighted by molar-refractivity contribution is 0.165. The maximum Gasteiger partial charge on any atom is 0.137 e. The Labute approximate surface area is 112 Å². The Morgan fingerprint density at radius 3 is 2.68 bits per heavy atom. The van der Waals surface area contributed by atoms with Gasteiger partial charge in [0, 0.05) is 25.9 Å². The number of fused-ring (bicyclic) bond motifs is 1. The fourth-order valence-electron chi connectivity index (χ4n) is 2.38. The number of nitrogens with zero attached hydrogens (tertiary/aromatic N) is 2. The Morgan fingerprint density at radius 2 is 1.95 bits per heavy atom. The van der Waals surface area contributed by atoms with E-state index in [1.54, 1.807) is 6.20 Å². The fraction of sp³-hybridized carbons (Fsp3) is 0.188. The Morgan fingerprint density at radius 1 is 1.16 bits per heavy atom. The van der Waals surface area contributed by atoms with Crippen molar-refractivity contribution in [1.29, 1.82) is 0 Å². The van der Waals surface area contributed by atoms with Gasteiger partial charge < -0.3 is 9.67 Å². The van der Waals surface area contributed by atoms with Gasteiger partial charge in [-0.3, -0.25) is 0 Å². The van der Waals surface area contributed by atoms with Crippen LogP contribution in [0.15, 0.2) is 54.9 Å². The van der Waals surface area contributed by atoms with E-state index in [2.05, 4.69) is 35.3 Å². The maximum absolute atomic E-state index is 10.2. The van der Waals surface area contributed by atoms with Gasteiger partial charge in [0.25, 0.3) is 0 Å². The van der Waals surface area contributed by atoms with Crippen LogP contribution in [0.2, 0.25) is 0 Å². The first-order valence-corrected chi connectivity index (χ1v) is 6.37. The molecule has 0 spiro atoms. The van der Waals surface area contributed by atoms with Crippen molar-refractivity contribution in [2.24, 2.45) is 7.05 Å². The van der Waals surface area contributed by atoms with E-state index in [1.807, 2.05) is 29.9 Å². The van der Waals surface area contributed by atoms with Crippen molar-refractivity contribution in [2.45, 2.75) is 12.5 Å². The van der Waals surface area contributed by atoms with Crippen LogP contribution in [0.1, 0.15) is 17.5 Å². The summed E-state index contributed by atoms with van der Waals surface area (Å²) in [5.41, 5.74) is 1.12. The molecule has 0 aliphatic carbocycles. The Hall–Kier alpha value is -2.13. The zero-order valence-electron chi connectivity index (χ0n) is 10.8. The number of hydrogen-bond donors (Lipinski definition) is 1. The Kier molecular flexibility index (Phi) is 3.05. The number of imidazole rings is 1. The summed E-state index contributed by atoms with van der Waals surface area (Å²) in [6.07, 6.45) is 3.56. The first kappa shape index (κ1) is 11.9. The van der Waals surface area contributed by atoms with Gasteiger partial charge in [-0.05, 0) is 16.3 Å². The largest absolute Gasteiger partial charge is 0.385 e. The van der Waals surface area contributed by atoms with Crippen LogP contribution in [0.25, 0.3) is 10.8 Å². The Bertz CT molecular complexity index is 703. The third-order valence-electron chi connectivity index (χ3n) is 3.40. The van der Waals surface area contributed by atoms with Gasteiger partial charge in [-0.1, -0.05) is 42.5 Å². The number of aliphatic hydroxyl groups excluding tert-OH is 1. The third-order valence-corrected chi connectivity index (χ3v) is 3.40. The molecular formula is C16H16N2O. The van der Waals surface area contributed by atoms with Crippen LogP contribution >= 0.6 is 0 Å². The second kappa shape index (κ2) is 4.86. The summed E-state index contributed by atoms with van der Waals surface area (Å²) in [4.78, 5) is 4.19. The molecule has 0 fully saturated rings. The van der Waals surface area contributed by atoms with Crippen LogP contribution in [0.4, 0.5) is 0 Å². The molecule has 3 rings (SSSR count). The molecule has 3 heteroatoms. The van der Waals surface area contributed by atoms with E-state index in [0.29, 0.717) is 12.2 Å². The zero-order valence-corrected chi connectivity index (χ0v) is 10.8. The number of hydrogen-bond acceptors (Lipinski definition) is 2. The smallest absolute Gasteiger partial charge is 0.137 e.